The van der Waals surface area contributed by atoms with Crippen LogP contribution in [0.25, 0.3) is 5.69 Å². The lowest BCUT2D eigenvalue weighted by Gasteiger charge is -2.32. The molecule has 3 aromatic rings. The van der Waals surface area contributed by atoms with E-state index in [0.29, 0.717) is 30.5 Å². The molecule has 8 heteroatoms. The van der Waals surface area contributed by atoms with Gasteiger partial charge in [0.25, 0.3) is 0 Å². The number of hydrogen-bond donors (Lipinski definition) is 0. The van der Waals surface area contributed by atoms with Gasteiger partial charge in [0.2, 0.25) is 5.91 Å². The van der Waals surface area contributed by atoms with Gasteiger partial charge in [0, 0.05) is 43.2 Å². The molecular formula is C29H35ClN6O. The summed E-state index contributed by atoms with van der Waals surface area (Å²) in [6.45, 7) is 2.90. The highest BCUT2D eigenvalue weighted by atomic mass is 35.5. The molecule has 2 aliphatic heterocycles. The molecule has 0 N–H and O–H groups in total. The van der Waals surface area contributed by atoms with Crippen LogP contribution in [0.5, 0.6) is 0 Å². The third-order valence-electron chi connectivity index (χ3n) is 8.39. The Hall–Kier alpha value is -2.93. The zero-order valence-corrected chi connectivity index (χ0v) is 22.1. The Labute approximate surface area is 223 Å². The summed E-state index contributed by atoms with van der Waals surface area (Å²) in [6, 6.07) is 12.1. The minimum absolute atomic E-state index is 0.200. The second-order valence-corrected chi connectivity index (χ2v) is 11.3. The maximum absolute atomic E-state index is 13.3. The first-order valence-corrected chi connectivity index (χ1v) is 14.2. The number of halogens is 1. The second-order valence-electron chi connectivity index (χ2n) is 10.8. The third kappa shape index (κ3) is 5.24. The first kappa shape index (κ1) is 24.4. The summed E-state index contributed by atoms with van der Waals surface area (Å²) in [5.74, 6) is 4.18. The molecule has 3 aliphatic rings. The number of carbonyl (C=O) groups is 1. The molecule has 0 radical (unpaired) electrons. The maximum atomic E-state index is 13.3. The van der Waals surface area contributed by atoms with Crippen molar-refractivity contribution in [3.63, 3.8) is 0 Å². The van der Waals surface area contributed by atoms with E-state index in [2.05, 4.69) is 31.7 Å². The van der Waals surface area contributed by atoms with Gasteiger partial charge in [0.1, 0.15) is 11.6 Å². The van der Waals surface area contributed by atoms with E-state index < -0.39 is 0 Å². The Bertz CT molecular complexity index is 1230. The van der Waals surface area contributed by atoms with Crippen molar-refractivity contribution in [1.29, 1.82) is 0 Å². The Morgan fingerprint density at radius 1 is 1.00 bits per heavy atom. The number of anilines is 1. The van der Waals surface area contributed by atoms with Gasteiger partial charge in [0.05, 0.1) is 12.2 Å². The van der Waals surface area contributed by atoms with Crippen LogP contribution in [0.2, 0.25) is 5.02 Å². The predicted octanol–water partition coefficient (Wildman–Crippen LogP) is 5.90. The molecule has 2 fully saturated rings. The minimum Gasteiger partial charge on any atom is -0.357 e. The Morgan fingerprint density at radius 3 is 2.62 bits per heavy atom. The van der Waals surface area contributed by atoms with Crippen molar-refractivity contribution in [2.75, 3.05) is 18.0 Å². The first-order chi connectivity index (χ1) is 18.2. The fourth-order valence-electron chi connectivity index (χ4n) is 6.37. The molecule has 0 unspecified atom stereocenters. The normalized spacial score (nSPS) is 18.5. The zero-order chi connectivity index (χ0) is 25.2. The largest absolute Gasteiger partial charge is 0.357 e. The van der Waals surface area contributed by atoms with Gasteiger partial charge < -0.3 is 9.80 Å². The van der Waals surface area contributed by atoms with E-state index in [4.69, 9.17) is 16.7 Å². The van der Waals surface area contributed by atoms with Crippen LogP contribution in [0.1, 0.15) is 80.9 Å². The predicted molar refractivity (Wildman–Crippen MR) is 145 cm³/mol. The number of aromatic nitrogens is 4. The number of rotatable bonds is 6. The number of amides is 1. The standard InChI is InChI=1S/C29H35ClN6O/c30-24-11-12-25-23(18-24)19-35(28(37)10-5-8-21-6-1-2-7-21)20-27-32-33-29(36(25)27)22-13-16-34(17-14-22)26-9-3-4-15-31-26/h3-4,9,11-12,15,18,21-22H,1-2,5-8,10,13-14,16-17,19-20H2. The summed E-state index contributed by atoms with van der Waals surface area (Å²) in [7, 11) is 0. The van der Waals surface area contributed by atoms with Crippen LogP contribution in [-0.4, -0.2) is 43.6 Å². The molecule has 1 amide bonds. The molecule has 0 bridgehead atoms. The summed E-state index contributed by atoms with van der Waals surface area (Å²) < 4.78 is 2.21. The smallest absolute Gasteiger partial charge is 0.223 e. The second kappa shape index (κ2) is 10.8. The zero-order valence-electron chi connectivity index (χ0n) is 21.4. The molecule has 0 spiro atoms. The highest BCUT2D eigenvalue weighted by Gasteiger charge is 2.31. The van der Waals surface area contributed by atoms with Crippen molar-refractivity contribution in [3.8, 4) is 5.69 Å². The molecule has 1 aliphatic carbocycles. The molecule has 7 nitrogen and oxygen atoms in total. The summed E-state index contributed by atoms with van der Waals surface area (Å²) in [6.07, 6.45) is 11.9. The molecule has 4 heterocycles. The molecule has 1 saturated carbocycles. The molecule has 2 aromatic heterocycles. The molecule has 1 aromatic carbocycles. The van der Waals surface area contributed by atoms with E-state index in [-0.39, 0.29) is 5.91 Å². The van der Waals surface area contributed by atoms with Gasteiger partial charge >= 0.3 is 0 Å². The lowest BCUT2D eigenvalue weighted by molar-refractivity contribution is -0.132. The van der Waals surface area contributed by atoms with Gasteiger partial charge in [0.15, 0.2) is 5.82 Å². The Morgan fingerprint density at radius 2 is 1.84 bits per heavy atom. The Balaban J connectivity index is 1.21. The monoisotopic (exact) mass is 518 g/mol. The fraction of sp³-hybridized carbons (Fsp3) is 0.517. The number of pyridine rings is 1. The molecule has 1 saturated heterocycles. The fourth-order valence-corrected chi connectivity index (χ4v) is 6.57. The summed E-state index contributed by atoms with van der Waals surface area (Å²) >= 11 is 6.42. The number of piperidine rings is 1. The van der Waals surface area contributed by atoms with Gasteiger partial charge in [-0.1, -0.05) is 43.4 Å². The molecular weight excluding hydrogens is 484 g/mol. The minimum atomic E-state index is 0.200. The SMILES string of the molecule is O=C(CCCC1CCCC1)N1Cc2cc(Cl)ccc2-n2c(nnc2C2CCN(c3ccccn3)CC2)C1. The van der Waals surface area contributed by atoms with Crippen LogP contribution in [0, 0.1) is 5.92 Å². The lowest BCUT2D eigenvalue weighted by Crippen LogP contribution is -2.34. The van der Waals surface area contributed by atoms with Crippen molar-refractivity contribution >= 4 is 23.3 Å². The lowest BCUT2D eigenvalue weighted by atomic mass is 9.95. The van der Waals surface area contributed by atoms with Crippen LogP contribution in [0.3, 0.4) is 0 Å². The van der Waals surface area contributed by atoms with Crippen molar-refractivity contribution in [1.82, 2.24) is 24.6 Å². The number of nitrogens with zero attached hydrogens (tertiary/aromatic N) is 6. The molecule has 0 atom stereocenters. The molecule has 37 heavy (non-hydrogen) atoms. The van der Waals surface area contributed by atoms with Crippen LogP contribution >= 0.6 is 11.6 Å². The number of benzene rings is 1. The van der Waals surface area contributed by atoms with Crippen LogP contribution in [0.15, 0.2) is 42.6 Å². The van der Waals surface area contributed by atoms with Crippen LogP contribution in [-0.2, 0) is 17.9 Å². The quantitative estimate of drug-likeness (QED) is 0.406. The van der Waals surface area contributed by atoms with Crippen molar-refractivity contribution in [2.45, 2.75) is 76.8 Å². The van der Waals surface area contributed by atoms with E-state index in [9.17, 15) is 4.79 Å². The van der Waals surface area contributed by atoms with Crippen molar-refractivity contribution in [3.05, 3.63) is 64.8 Å². The van der Waals surface area contributed by atoms with E-state index in [1.54, 1.807) is 0 Å². The van der Waals surface area contributed by atoms with Gasteiger partial charge in [-0.05, 0) is 67.5 Å². The summed E-state index contributed by atoms with van der Waals surface area (Å²) in [5, 5.41) is 10.0. The van der Waals surface area contributed by atoms with Crippen LogP contribution < -0.4 is 4.90 Å². The maximum Gasteiger partial charge on any atom is 0.223 e. The topological polar surface area (TPSA) is 67.2 Å². The first-order valence-electron chi connectivity index (χ1n) is 13.8. The Kier molecular flexibility index (Phi) is 7.14. The molecule has 6 rings (SSSR count). The number of carbonyl (C=O) groups excluding carboxylic acids is 1. The van der Waals surface area contributed by atoms with Crippen molar-refractivity contribution in [2.24, 2.45) is 5.92 Å². The number of hydrogen-bond acceptors (Lipinski definition) is 5. The summed E-state index contributed by atoms with van der Waals surface area (Å²) in [4.78, 5) is 22.1. The highest BCUT2D eigenvalue weighted by molar-refractivity contribution is 6.30. The third-order valence-corrected chi connectivity index (χ3v) is 8.63. The van der Waals surface area contributed by atoms with Gasteiger partial charge in [-0.3, -0.25) is 9.36 Å². The van der Waals surface area contributed by atoms with E-state index >= 15 is 0 Å². The van der Waals surface area contributed by atoms with Gasteiger partial charge in [-0.15, -0.1) is 10.2 Å². The average molecular weight is 519 g/mol. The van der Waals surface area contributed by atoms with E-state index in [1.165, 1.54) is 32.1 Å². The van der Waals surface area contributed by atoms with Crippen molar-refractivity contribution < 1.29 is 4.79 Å². The van der Waals surface area contributed by atoms with Gasteiger partial charge in [-0.25, -0.2) is 4.98 Å². The highest BCUT2D eigenvalue weighted by Crippen LogP contribution is 2.35. The van der Waals surface area contributed by atoms with Crippen LogP contribution in [0.4, 0.5) is 5.82 Å². The number of fused-ring (bicyclic) bond motifs is 3. The summed E-state index contributed by atoms with van der Waals surface area (Å²) in [5.41, 5.74) is 2.11. The van der Waals surface area contributed by atoms with E-state index in [0.717, 1.165) is 67.0 Å². The van der Waals surface area contributed by atoms with Gasteiger partial charge in [-0.2, -0.15) is 0 Å². The van der Waals surface area contributed by atoms with E-state index in [1.807, 2.05) is 35.4 Å². The molecule has 194 valence electrons. The average Bonchev–Trinajstić information content (AvgIpc) is 3.56.